The van der Waals surface area contributed by atoms with Crippen LogP contribution in [0.25, 0.3) is 0 Å². The Morgan fingerprint density at radius 3 is 2.72 bits per heavy atom. The second-order valence-corrected chi connectivity index (χ2v) is 4.44. The summed E-state index contributed by atoms with van der Waals surface area (Å²) in [6.07, 6.45) is 3.45. The molecule has 0 radical (unpaired) electrons. The third kappa shape index (κ3) is 3.19. The Balaban J connectivity index is 2.02. The van der Waals surface area contributed by atoms with Gasteiger partial charge in [-0.15, -0.1) is 0 Å². The molecule has 0 bridgehead atoms. The Kier molecular flexibility index (Phi) is 3.45. The lowest BCUT2D eigenvalue weighted by atomic mass is 10.3. The number of amides is 1. The van der Waals surface area contributed by atoms with Gasteiger partial charge in [-0.3, -0.25) is 9.59 Å². The number of pyridine rings is 1. The lowest BCUT2D eigenvalue weighted by molar-refractivity contribution is -0.121. The van der Waals surface area contributed by atoms with Crippen LogP contribution in [0.2, 0.25) is 0 Å². The first-order chi connectivity index (χ1) is 8.56. The van der Waals surface area contributed by atoms with Gasteiger partial charge in [0.2, 0.25) is 5.91 Å². The lowest BCUT2D eigenvalue weighted by Gasteiger charge is -2.07. The average molecular weight is 250 g/mol. The van der Waals surface area contributed by atoms with Gasteiger partial charge in [0, 0.05) is 18.8 Å². The molecule has 6 heteroatoms. The molecule has 18 heavy (non-hydrogen) atoms. The van der Waals surface area contributed by atoms with E-state index in [1.54, 1.807) is 0 Å². The summed E-state index contributed by atoms with van der Waals surface area (Å²) in [4.78, 5) is 33.8. The zero-order chi connectivity index (χ0) is 13.1. The van der Waals surface area contributed by atoms with Crippen LogP contribution in [0.4, 0.5) is 0 Å². The zero-order valence-corrected chi connectivity index (χ0v) is 9.76. The van der Waals surface area contributed by atoms with Crippen molar-refractivity contribution in [1.29, 1.82) is 0 Å². The molecule has 0 aromatic carbocycles. The number of carbonyl (C=O) groups excluding carboxylic acids is 1. The molecule has 0 spiro atoms. The van der Waals surface area contributed by atoms with Gasteiger partial charge < -0.3 is 15.0 Å². The van der Waals surface area contributed by atoms with Crippen LogP contribution in [0.1, 0.15) is 23.2 Å². The number of carbonyl (C=O) groups is 2. The Hall–Kier alpha value is -2.11. The highest BCUT2D eigenvalue weighted by Crippen LogP contribution is 2.27. The fourth-order valence-corrected chi connectivity index (χ4v) is 1.57. The molecule has 1 heterocycles. The van der Waals surface area contributed by atoms with E-state index in [0.29, 0.717) is 12.5 Å². The van der Waals surface area contributed by atoms with Crippen LogP contribution in [0.15, 0.2) is 23.1 Å². The minimum Gasteiger partial charge on any atom is -0.478 e. The largest absolute Gasteiger partial charge is 0.478 e. The number of aromatic nitrogens is 1. The van der Waals surface area contributed by atoms with E-state index in [9.17, 15) is 14.4 Å². The Labute approximate surface area is 103 Å². The number of hydrogen-bond donors (Lipinski definition) is 2. The smallest absolute Gasteiger partial charge is 0.337 e. The van der Waals surface area contributed by atoms with Crippen molar-refractivity contribution in [3.05, 3.63) is 34.2 Å². The second-order valence-electron chi connectivity index (χ2n) is 4.44. The summed E-state index contributed by atoms with van der Waals surface area (Å²) in [5, 5.41) is 11.5. The topological polar surface area (TPSA) is 88.4 Å². The summed E-state index contributed by atoms with van der Waals surface area (Å²) < 4.78 is 1.10. The first-order valence-corrected chi connectivity index (χ1v) is 5.77. The van der Waals surface area contributed by atoms with Gasteiger partial charge in [-0.05, 0) is 24.8 Å². The molecule has 0 atom stereocenters. The molecule has 6 nitrogen and oxygen atoms in total. The van der Waals surface area contributed by atoms with Crippen molar-refractivity contribution < 1.29 is 14.7 Å². The second kappa shape index (κ2) is 5.03. The van der Waals surface area contributed by atoms with Crippen molar-refractivity contribution in [1.82, 2.24) is 9.88 Å². The molecule has 1 aromatic rings. The molecule has 1 aliphatic rings. The van der Waals surface area contributed by atoms with Gasteiger partial charge in [0.25, 0.3) is 5.56 Å². The minimum absolute atomic E-state index is 0.00964. The molecule has 0 aliphatic heterocycles. The number of nitrogens with one attached hydrogen (secondary N) is 1. The number of aromatic carboxylic acids is 1. The standard InChI is InChI=1S/C12H14N2O4/c15-10(13-5-8-1-2-8)7-14-6-9(12(17)18)3-4-11(14)16/h3-4,6,8H,1-2,5,7H2,(H,13,15)(H,17,18). The molecule has 0 unspecified atom stereocenters. The fourth-order valence-electron chi connectivity index (χ4n) is 1.57. The van der Waals surface area contributed by atoms with Crippen LogP contribution >= 0.6 is 0 Å². The van der Waals surface area contributed by atoms with E-state index in [-0.39, 0.29) is 23.6 Å². The maximum absolute atomic E-state index is 11.6. The third-order valence-corrected chi connectivity index (χ3v) is 2.83. The van der Waals surface area contributed by atoms with Gasteiger partial charge >= 0.3 is 5.97 Å². The number of carboxylic acid groups (broad SMARTS) is 1. The van der Waals surface area contributed by atoms with Crippen molar-refractivity contribution in [2.24, 2.45) is 5.92 Å². The number of hydrogen-bond acceptors (Lipinski definition) is 3. The summed E-state index contributed by atoms with van der Waals surface area (Å²) in [6.45, 7) is 0.485. The highest BCUT2D eigenvalue weighted by molar-refractivity contribution is 5.87. The SMILES string of the molecule is O=C(Cn1cc(C(=O)O)ccc1=O)NCC1CC1. The molecular weight excluding hydrogens is 236 g/mol. The highest BCUT2D eigenvalue weighted by atomic mass is 16.4. The highest BCUT2D eigenvalue weighted by Gasteiger charge is 2.21. The van der Waals surface area contributed by atoms with Crippen LogP contribution in [0, 0.1) is 5.92 Å². The summed E-state index contributed by atoms with van der Waals surface area (Å²) >= 11 is 0. The Morgan fingerprint density at radius 2 is 2.11 bits per heavy atom. The molecular formula is C12H14N2O4. The molecule has 1 amide bonds. The first kappa shape index (κ1) is 12.3. The van der Waals surface area contributed by atoms with Crippen molar-refractivity contribution in [3.63, 3.8) is 0 Å². The van der Waals surface area contributed by atoms with Crippen molar-refractivity contribution >= 4 is 11.9 Å². The van der Waals surface area contributed by atoms with Gasteiger partial charge in [-0.1, -0.05) is 0 Å². The third-order valence-electron chi connectivity index (χ3n) is 2.83. The molecule has 2 N–H and O–H groups in total. The van der Waals surface area contributed by atoms with E-state index in [4.69, 9.17) is 5.11 Å². The van der Waals surface area contributed by atoms with Crippen molar-refractivity contribution in [3.8, 4) is 0 Å². The quantitative estimate of drug-likeness (QED) is 0.774. The normalized spacial score (nSPS) is 14.2. The van der Waals surface area contributed by atoms with Crippen LogP contribution in [0.5, 0.6) is 0 Å². The maximum atomic E-state index is 11.6. The van der Waals surface area contributed by atoms with E-state index < -0.39 is 5.97 Å². The predicted molar refractivity (Wildman–Crippen MR) is 63.4 cm³/mol. The van der Waals surface area contributed by atoms with Gasteiger partial charge in [0.1, 0.15) is 6.54 Å². The number of carboxylic acids is 1. The average Bonchev–Trinajstić information content (AvgIpc) is 3.13. The minimum atomic E-state index is -1.12. The molecule has 96 valence electrons. The Bertz CT molecular complexity index is 531. The summed E-state index contributed by atoms with van der Waals surface area (Å²) in [5.41, 5.74) is -0.397. The molecule has 1 aliphatic carbocycles. The van der Waals surface area contributed by atoms with Crippen LogP contribution in [-0.4, -0.2) is 28.1 Å². The van der Waals surface area contributed by atoms with Gasteiger partial charge in [0.05, 0.1) is 5.56 Å². The molecule has 0 saturated heterocycles. The maximum Gasteiger partial charge on any atom is 0.337 e. The Morgan fingerprint density at radius 1 is 1.39 bits per heavy atom. The van der Waals surface area contributed by atoms with E-state index in [0.717, 1.165) is 23.5 Å². The van der Waals surface area contributed by atoms with Gasteiger partial charge in [0.15, 0.2) is 0 Å². The monoisotopic (exact) mass is 250 g/mol. The molecule has 1 aromatic heterocycles. The van der Waals surface area contributed by atoms with E-state index >= 15 is 0 Å². The number of rotatable bonds is 5. The number of nitrogens with zero attached hydrogens (tertiary/aromatic N) is 1. The first-order valence-electron chi connectivity index (χ1n) is 5.77. The predicted octanol–water partition coefficient (Wildman–Crippen LogP) is 0.0727. The van der Waals surface area contributed by atoms with E-state index in [1.807, 2.05) is 0 Å². The van der Waals surface area contributed by atoms with Crippen LogP contribution < -0.4 is 10.9 Å². The van der Waals surface area contributed by atoms with Gasteiger partial charge in [-0.25, -0.2) is 4.79 Å². The summed E-state index contributed by atoms with van der Waals surface area (Å²) in [7, 11) is 0. The van der Waals surface area contributed by atoms with Crippen LogP contribution in [-0.2, 0) is 11.3 Å². The molecule has 1 fully saturated rings. The lowest BCUT2D eigenvalue weighted by Crippen LogP contribution is -2.33. The van der Waals surface area contributed by atoms with Crippen molar-refractivity contribution in [2.45, 2.75) is 19.4 Å². The van der Waals surface area contributed by atoms with Crippen molar-refractivity contribution in [2.75, 3.05) is 6.54 Å². The fraction of sp³-hybridized carbons (Fsp3) is 0.417. The van der Waals surface area contributed by atoms with E-state index in [2.05, 4.69) is 5.32 Å². The zero-order valence-electron chi connectivity index (χ0n) is 9.76. The summed E-state index contributed by atoms with van der Waals surface area (Å²) in [6, 6.07) is 2.38. The molecule has 2 rings (SSSR count). The summed E-state index contributed by atoms with van der Waals surface area (Å²) in [5.74, 6) is -0.829. The molecule has 1 saturated carbocycles. The van der Waals surface area contributed by atoms with Crippen LogP contribution in [0.3, 0.4) is 0 Å². The van der Waals surface area contributed by atoms with Gasteiger partial charge in [-0.2, -0.15) is 0 Å². The van der Waals surface area contributed by atoms with E-state index in [1.165, 1.54) is 12.3 Å².